The summed E-state index contributed by atoms with van der Waals surface area (Å²) in [6, 6.07) is 4.47. The van der Waals surface area contributed by atoms with Gasteiger partial charge in [-0.3, -0.25) is 0 Å². The van der Waals surface area contributed by atoms with Crippen LogP contribution in [-0.4, -0.2) is 31.0 Å². The predicted molar refractivity (Wildman–Crippen MR) is 74.8 cm³/mol. The topological polar surface area (TPSA) is 85.3 Å². The largest absolute Gasteiger partial charge is 0.394 e. The van der Waals surface area contributed by atoms with Crippen LogP contribution < -0.4 is 5.73 Å². The summed E-state index contributed by atoms with van der Waals surface area (Å²) in [6.07, 6.45) is 1.18. The third-order valence-electron chi connectivity index (χ3n) is 3.51. The summed E-state index contributed by atoms with van der Waals surface area (Å²) < 4.78 is 25.2. The second-order valence-electron chi connectivity index (χ2n) is 4.80. The van der Waals surface area contributed by atoms with Gasteiger partial charge >= 0.3 is 0 Å². The third-order valence-corrected chi connectivity index (χ3v) is 4.62. The van der Waals surface area contributed by atoms with Gasteiger partial charge < -0.3 is 15.4 Å². The van der Waals surface area contributed by atoms with Crippen molar-refractivity contribution in [3.05, 3.63) is 29.5 Å². The van der Waals surface area contributed by atoms with Gasteiger partial charge in [0, 0.05) is 29.9 Å². The summed E-state index contributed by atoms with van der Waals surface area (Å²) in [5.74, 6) is 0. The lowest BCUT2D eigenvalue weighted by molar-refractivity contribution is 0.268. The van der Waals surface area contributed by atoms with Gasteiger partial charge in [-0.1, -0.05) is 0 Å². The lowest BCUT2D eigenvalue weighted by Gasteiger charge is -2.09. The first kappa shape index (κ1) is 14.0. The summed E-state index contributed by atoms with van der Waals surface area (Å²) in [7, 11) is -1.37. The normalized spacial score (nSPS) is 13.9. The molecule has 0 fully saturated rings. The number of rotatable bonds is 3. The Balaban J connectivity index is 2.84. The molecule has 104 valence electrons. The summed E-state index contributed by atoms with van der Waals surface area (Å²) in [5, 5.41) is 10.0. The number of hydrogen-bond donors (Lipinski definition) is 2. The van der Waals surface area contributed by atoms with Crippen LogP contribution in [0.25, 0.3) is 10.9 Å². The number of benzene rings is 1. The molecule has 0 saturated heterocycles. The Labute approximate surface area is 112 Å². The van der Waals surface area contributed by atoms with Gasteiger partial charge in [-0.15, -0.1) is 0 Å². The molecule has 0 aliphatic carbocycles. The van der Waals surface area contributed by atoms with E-state index >= 15 is 0 Å². The molecular weight excluding hydrogens is 264 g/mol. The van der Waals surface area contributed by atoms with Gasteiger partial charge in [-0.2, -0.15) is 0 Å². The van der Waals surface area contributed by atoms with Crippen LogP contribution in [-0.2, 0) is 16.9 Å². The minimum Gasteiger partial charge on any atom is -0.394 e. The van der Waals surface area contributed by atoms with E-state index in [9.17, 15) is 13.5 Å². The van der Waals surface area contributed by atoms with Crippen LogP contribution in [0.3, 0.4) is 0 Å². The standard InChI is InChI=1S/C13H18N2O3S/c1-8-13(11(14)7-16)10-6-9(19(3,17)18)4-5-12(10)15(8)2/h4-6,11,16H,7,14H2,1-3H3. The average molecular weight is 282 g/mol. The van der Waals surface area contributed by atoms with Crippen LogP contribution in [0.2, 0.25) is 0 Å². The van der Waals surface area contributed by atoms with E-state index < -0.39 is 15.9 Å². The van der Waals surface area contributed by atoms with E-state index in [4.69, 9.17) is 5.73 Å². The smallest absolute Gasteiger partial charge is 0.175 e. The number of sulfone groups is 1. The highest BCUT2D eigenvalue weighted by Crippen LogP contribution is 2.30. The molecule has 5 nitrogen and oxygen atoms in total. The summed E-state index contributed by atoms with van der Waals surface area (Å²) in [4.78, 5) is 0.261. The molecule has 0 bridgehead atoms. The minimum absolute atomic E-state index is 0.178. The number of fused-ring (bicyclic) bond motifs is 1. The SMILES string of the molecule is Cc1c(C(N)CO)c2cc(S(C)(=O)=O)ccc2n1C. The van der Waals surface area contributed by atoms with E-state index in [0.29, 0.717) is 0 Å². The van der Waals surface area contributed by atoms with Crippen molar-refractivity contribution in [3.8, 4) is 0 Å². The number of nitrogens with zero attached hydrogens (tertiary/aromatic N) is 1. The molecule has 0 amide bonds. The molecule has 0 radical (unpaired) electrons. The fourth-order valence-corrected chi connectivity index (χ4v) is 3.02. The van der Waals surface area contributed by atoms with Gasteiger partial charge in [0.15, 0.2) is 9.84 Å². The zero-order valence-electron chi connectivity index (χ0n) is 11.2. The molecule has 2 aromatic rings. The lowest BCUT2D eigenvalue weighted by Crippen LogP contribution is -2.15. The summed E-state index contributed by atoms with van der Waals surface area (Å²) in [5.41, 5.74) is 8.56. The molecular formula is C13H18N2O3S. The number of aromatic nitrogens is 1. The second-order valence-corrected chi connectivity index (χ2v) is 6.81. The average Bonchev–Trinajstić information content (AvgIpc) is 2.60. The highest BCUT2D eigenvalue weighted by Gasteiger charge is 2.19. The van der Waals surface area contributed by atoms with E-state index in [-0.39, 0.29) is 11.5 Å². The van der Waals surface area contributed by atoms with Gasteiger partial charge in [0.05, 0.1) is 17.5 Å². The molecule has 1 heterocycles. The van der Waals surface area contributed by atoms with E-state index in [0.717, 1.165) is 22.2 Å². The predicted octanol–water partition coefficient (Wildman–Crippen LogP) is 0.882. The van der Waals surface area contributed by atoms with Crippen LogP contribution in [0.5, 0.6) is 0 Å². The molecule has 2 rings (SSSR count). The quantitative estimate of drug-likeness (QED) is 0.875. The fourth-order valence-electron chi connectivity index (χ4n) is 2.37. The van der Waals surface area contributed by atoms with Crippen LogP contribution in [0, 0.1) is 6.92 Å². The Morgan fingerprint density at radius 3 is 2.58 bits per heavy atom. The van der Waals surface area contributed by atoms with E-state index in [1.54, 1.807) is 18.2 Å². The lowest BCUT2D eigenvalue weighted by atomic mass is 10.0. The zero-order chi connectivity index (χ0) is 14.4. The van der Waals surface area contributed by atoms with E-state index in [1.807, 2.05) is 18.5 Å². The van der Waals surface area contributed by atoms with Crippen molar-refractivity contribution in [2.75, 3.05) is 12.9 Å². The van der Waals surface area contributed by atoms with Gasteiger partial charge in [-0.25, -0.2) is 8.42 Å². The first-order valence-electron chi connectivity index (χ1n) is 5.92. The molecule has 1 unspecified atom stereocenters. The molecule has 1 atom stereocenters. The van der Waals surface area contributed by atoms with Gasteiger partial charge in [-0.05, 0) is 30.7 Å². The van der Waals surface area contributed by atoms with Crippen molar-refractivity contribution in [1.82, 2.24) is 4.57 Å². The Bertz CT molecular complexity index is 732. The Kier molecular flexibility index (Phi) is 3.42. The number of aliphatic hydroxyl groups is 1. The molecule has 6 heteroatoms. The molecule has 0 aliphatic heterocycles. The van der Waals surface area contributed by atoms with Gasteiger partial charge in [0.1, 0.15) is 0 Å². The van der Waals surface area contributed by atoms with Crippen molar-refractivity contribution >= 4 is 20.7 Å². The molecule has 0 spiro atoms. The van der Waals surface area contributed by atoms with Crippen LogP contribution in [0.15, 0.2) is 23.1 Å². The van der Waals surface area contributed by atoms with Crippen molar-refractivity contribution in [3.63, 3.8) is 0 Å². The van der Waals surface area contributed by atoms with Crippen molar-refractivity contribution in [2.24, 2.45) is 12.8 Å². The zero-order valence-corrected chi connectivity index (χ0v) is 12.0. The van der Waals surface area contributed by atoms with E-state index in [1.165, 1.54) is 6.26 Å². The van der Waals surface area contributed by atoms with Crippen molar-refractivity contribution in [2.45, 2.75) is 17.9 Å². The summed E-state index contributed by atoms with van der Waals surface area (Å²) in [6.45, 7) is 1.73. The first-order valence-corrected chi connectivity index (χ1v) is 7.82. The minimum atomic E-state index is -3.26. The second kappa shape index (κ2) is 4.63. The fraction of sp³-hybridized carbons (Fsp3) is 0.385. The van der Waals surface area contributed by atoms with Crippen molar-refractivity contribution < 1.29 is 13.5 Å². The number of aliphatic hydroxyl groups excluding tert-OH is 1. The molecule has 0 aliphatic rings. The first-order chi connectivity index (χ1) is 8.77. The molecule has 19 heavy (non-hydrogen) atoms. The number of aryl methyl sites for hydroxylation is 1. The van der Waals surface area contributed by atoms with Gasteiger partial charge in [0.25, 0.3) is 0 Å². The maximum absolute atomic E-state index is 11.6. The maximum atomic E-state index is 11.6. The number of hydrogen-bond acceptors (Lipinski definition) is 4. The molecule has 0 saturated carbocycles. The Morgan fingerprint density at radius 1 is 1.42 bits per heavy atom. The maximum Gasteiger partial charge on any atom is 0.175 e. The van der Waals surface area contributed by atoms with Crippen molar-refractivity contribution in [1.29, 1.82) is 0 Å². The molecule has 1 aromatic carbocycles. The Morgan fingerprint density at radius 2 is 2.05 bits per heavy atom. The van der Waals surface area contributed by atoms with E-state index in [2.05, 4.69) is 0 Å². The van der Waals surface area contributed by atoms with Crippen LogP contribution in [0.1, 0.15) is 17.3 Å². The Hall–Kier alpha value is -1.37. The molecule has 3 N–H and O–H groups in total. The van der Waals surface area contributed by atoms with Gasteiger partial charge in [0.2, 0.25) is 0 Å². The monoisotopic (exact) mass is 282 g/mol. The molecule has 1 aromatic heterocycles. The summed E-state index contributed by atoms with van der Waals surface area (Å²) >= 11 is 0. The van der Waals surface area contributed by atoms with Crippen LogP contribution in [0.4, 0.5) is 0 Å². The van der Waals surface area contributed by atoms with Crippen LogP contribution >= 0.6 is 0 Å². The highest BCUT2D eigenvalue weighted by molar-refractivity contribution is 7.90. The highest BCUT2D eigenvalue weighted by atomic mass is 32.2. The number of nitrogens with two attached hydrogens (primary N) is 1. The third kappa shape index (κ3) is 2.27.